The monoisotopic (exact) mass is 948 g/mol. The van der Waals surface area contributed by atoms with E-state index < -0.39 is 145 Å². The van der Waals surface area contributed by atoms with E-state index in [1.165, 1.54) is 61.1 Å². The summed E-state index contributed by atoms with van der Waals surface area (Å²) < 4.78 is 227. The summed E-state index contributed by atoms with van der Waals surface area (Å²) in [6.07, 6.45) is -5.78. The SMILES string of the molecule is [2H]C([2H])([2H])OC(=O)N[C@H](C(=O)N[C@@H](Cc1ccccc1)[C@@H](O)CN(NC(=O)[C@@H](NC(=O)OCCOCCOCCOCCOCCOC)C(C([2H])([2H])[2H])(C([2H])([2H])[2H])C([2H])([2H])[2H])C([2H])([2H])c1ccc(-c2ccccn2)cc1)C(C([2H])([2H])[2H])(C([2H])([2H])[2H])C([2H])([2H])[2H]. The Labute approximate surface area is 422 Å². The van der Waals surface area contributed by atoms with Gasteiger partial charge in [0.05, 0.1) is 91.2 Å². The smallest absolute Gasteiger partial charge is 0.407 e. The first kappa shape index (κ1) is 29.5. The minimum Gasteiger partial charge on any atom is -0.453 e. The Morgan fingerprint density at radius 2 is 1.24 bits per heavy atom. The Morgan fingerprint density at radius 1 is 0.682 bits per heavy atom. The lowest BCUT2D eigenvalue weighted by Gasteiger charge is -2.35. The van der Waals surface area contributed by atoms with Gasteiger partial charge in [-0.2, -0.15) is 0 Å². The molecule has 0 saturated heterocycles. The fourth-order valence-corrected chi connectivity index (χ4v) is 5.60. The minimum atomic E-state index is -4.35. The number of amides is 4. The first-order valence-corrected chi connectivity index (χ1v) is 20.3. The molecule has 4 amide bonds. The zero-order valence-corrected chi connectivity index (χ0v) is 36.1. The maximum Gasteiger partial charge on any atom is 0.407 e. The number of carbonyl (C=O) groups is 4. The van der Waals surface area contributed by atoms with Gasteiger partial charge >= 0.3 is 12.2 Å². The van der Waals surface area contributed by atoms with Crippen molar-refractivity contribution in [2.24, 2.45) is 10.8 Å². The molecule has 18 heteroatoms. The van der Waals surface area contributed by atoms with Gasteiger partial charge in [0.15, 0.2) is 0 Å². The summed E-state index contributed by atoms with van der Waals surface area (Å²) in [6, 6.07) is 8.03. The Bertz CT molecular complexity index is 2610. The number of carbonyl (C=O) groups excluding carboxylic acids is 4. The molecule has 0 aliphatic heterocycles. The van der Waals surface area contributed by atoms with Crippen LogP contribution in [0.1, 0.15) is 83.8 Å². The number of aliphatic hydroxyl groups excluding tert-OH is 1. The van der Waals surface area contributed by atoms with E-state index in [1.54, 1.807) is 23.5 Å². The van der Waals surface area contributed by atoms with Crippen LogP contribution in [0.2, 0.25) is 0 Å². The molecule has 3 rings (SSSR count). The number of rotatable bonds is 29. The molecular formula is C48H72N6O12. The van der Waals surface area contributed by atoms with Crippen molar-refractivity contribution in [1.82, 2.24) is 31.4 Å². The summed E-state index contributed by atoms with van der Waals surface area (Å²) in [5, 5.41) is 17.8. The molecule has 366 valence electrons. The number of benzene rings is 2. The standard InChI is InChI=1S/C48H72N6O12/c1-47(2,3)41(51-45(58)61-8)43(56)50-39(32-35-14-10-9-11-15-35)40(55)34-54(33-36-17-19-37(20-18-36)38-16-12-13-21-49-38)53-44(57)42(48(4,5)6)52-46(59)66-31-30-65-29-28-64-27-26-63-25-24-62-23-22-60-7/h9-21,39-42,55H,22-34H2,1-8H3,(H,50,56)(H,51,58)(H,52,59)(H,53,57)/t39-,40-,41+,42+/m0/s1/i1D3,2D3,3D3,4D3,5D3,6D3,8D3,33D2. The molecule has 5 N–H and O–H groups in total. The van der Waals surface area contributed by atoms with E-state index in [4.69, 9.17) is 57.2 Å². The number of hydrogen-bond acceptors (Lipinski definition) is 14. The third kappa shape index (κ3) is 21.4. The van der Waals surface area contributed by atoms with Crippen LogP contribution in [0.5, 0.6) is 0 Å². The van der Waals surface area contributed by atoms with Crippen molar-refractivity contribution in [3.05, 3.63) is 90.1 Å². The molecule has 0 spiro atoms. The molecule has 0 bridgehead atoms. The fraction of sp³-hybridized carbons (Fsp3) is 0.562. The predicted molar refractivity (Wildman–Crippen MR) is 248 cm³/mol. The van der Waals surface area contributed by atoms with Gasteiger partial charge in [0.25, 0.3) is 5.91 Å². The molecule has 4 atom stereocenters. The molecule has 1 aromatic heterocycles. The molecule has 18 nitrogen and oxygen atoms in total. The molecule has 0 saturated carbocycles. The fourth-order valence-electron chi connectivity index (χ4n) is 5.60. The van der Waals surface area contributed by atoms with Crippen LogP contribution < -0.4 is 21.4 Å². The van der Waals surface area contributed by atoms with E-state index in [1.807, 2.05) is 5.43 Å². The molecule has 0 unspecified atom stereocenters. The van der Waals surface area contributed by atoms with Crippen molar-refractivity contribution in [3.8, 4) is 11.3 Å². The van der Waals surface area contributed by atoms with Crippen molar-refractivity contribution in [2.75, 3.05) is 86.8 Å². The van der Waals surface area contributed by atoms with Gasteiger partial charge in [-0.15, -0.1) is 0 Å². The zero-order valence-electron chi connectivity index (χ0n) is 59.1. The zero-order chi connectivity index (χ0) is 67.7. The molecule has 66 heavy (non-hydrogen) atoms. The van der Waals surface area contributed by atoms with Crippen LogP contribution in [0.3, 0.4) is 0 Å². The molecule has 3 aromatic rings. The number of pyridine rings is 1. The van der Waals surface area contributed by atoms with Crippen LogP contribution in [-0.2, 0) is 55.7 Å². The van der Waals surface area contributed by atoms with Crippen molar-refractivity contribution >= 4 is 24.0 Å². The second-order valence-corrected chi connectivity index (χ2v) is 14.1. The maximum absolute atomic E-state index is 15.1. The van der Waals surface area contributed by atoms with Crippen LogP contribution >= 0.6 is 0 Å². The number of hydrogen-bond donors (Lipinski definition) is 5. The topological polar surface area (TPSA) is 217 Å². The van der Waals surface area contributed by atoms with Crippen molar-refractivity contribution in [2.45, 2.75) is 78.3 Å². The number of nitrogens with zero attached hydrogens (tertiary/aromatic N) is 2. The van der Waals surface area contributed by atoms with Gasteiger partial charge in [-0.25, -0.2) is 14.6 Å². The molecule has 0 radical (unpaired) electrons. The van der Waals surface area contributed by atoms with Crippen LogP contribution in [0.15, 0.2) is 79.0 Å². The number of aliphatic hydroxyl groups is 1. The number of hydrazine groups is 1. The summed E-state index contributed by atoms with van der Waals surface area (Å²) in [7, 11) is -2.15. The van der Waals surface area contributed by atoms with Crippen molar-refractivity contribution in [3.63, 3.8) is 0 Å². The summed E-state index contributed by atoms with van der Waals surface area (Å²) >= 11 is 0. The Kier molecular flexibility index (Phi) is 13.2. The molecule has 0 aliphatic rings. The van der Waals surface area contributed by atoms with Gasteiger partial charge in [0, 0.05) is 56.6 Å². The predicted octanol–water partition coefficient (Wildman–Crippen LogP) is 4.29. The van der Waals surface area contributed by atoms with E-state index in [0.29, 0.717) is 31.1 Å². The number of nitrogens with one attached hydrogen (secondary N) is 4. The van der Waals surface area contributed by atoms with Gasteiger partial charge in [-0.1, -0.05) is 102 Å². The van der Waals surface area contributed by atoms with Gasteiger partial charge in [-0.05, 0) is 40.5 Å². The highest BCUT2D eigenvalue weighted by molar-refractivity contribution is 5.87. The first-order valence-electron chi connectivity index (χ1n) is 31.8. The van der Waals surface area contributed by atoms with E-state index in [-0.39, 0.29) is 43.6 Å². The average Bonchev–Trinajstić information content (AvgIpc) is 0.736. The van der Waals surface area contributed by atoms with Gasteiger partial charge in [0.2, 0.25) is 5.91 Å². The second-order valence-electron chi connectivity index (χ2n) is 14.1. The molecule has 1 heterocycles. The first-order chi connectivity index (χ1) is 40.9. The van der Waals surface area contributed by atoms with Crippen molar-refractivity contribution in [1.29, 1.82) is 0 Å². The Balaban J connectivity index is 2.24. The lowest BCUT2D eigenvalue weighted by atomic mass is 9.85. The summed E-state index contributed by atoms with van der Waals surface area (Å²) in [5.41, 5.74) is -6.34. The third-order valence-electron chi connectivity index (χ3n) is 8.83. The number of alkyl carbamates (subject to hydrolysis) is 2. The highest BCUT2D eigenvalue weighted by atomic mass is 16.6. The van der Waals surface area contributed by atoms with Crippen LogP contribution in [0, 0.1) is 10.8 Å². The van der Waals surface area contributed by atoms with Gasteiger partial charge in [-0.3, -0.25) is 20.0 Å². The number of aromatic nitrogens is 1. The molecular weight excluding hydrogens is 853 g/mol. The maximum atomic E-state index is 15.1. The number of methoxy groups -OCH3 is 2. The highest BCUT2D eigenvalue weighted by Gasteiger charge is 2.37. The lowest BCUT2D eigenvalue weighted by Crippen LogP contribution is -2.61. The van der Waals surface area contributed by atoms with Crippen molar-refractivity contribution < 1.29 is 89.0 Å². The summed E-state index contributed by atoms with van der Waals surface area (Å²) in [4.78, 5) is 60.9. The van der Waals surface area contributed by atoms with E-state index >= 15 is 4.79 Å². The minimum absolute atomic E-state index is 0.0100. The Morgan fingerprint density at radius 3 is 1.80 bits per heavy atom. The normalized spacial score (nSPS) is 20.3. The van der Waals surface area contributed by atoms with Gasteiger partial charge in [0.1, 0.15) is 18.7 Å². The van der Waals surface area contributed by atoms with E-state index in [9.17, 15) is 22.2 Å². The van der Waals surface area contributed by atoms with Crippen LogP contribution in [-0.4, -0.2) is 150 Å². The summed E-state index contributed by atoms with van der Waals surface area (Å²) in [5.74, 6) is -4.17. The molecule has 0 fully saturated rings. The van der Waals surface area contributed by atoms with E-state index in [2.05, 4.69) is 15.0 Å². The lowest BCUT2D eigenvalue weighted by molar-refractivity contribution is -0.132. The molecule has 2 aromatic carbocycles. The quantitative estimate of drug-likeness (QED) is 0.0485. The average molecular weight is 948 g/mol. The summed E-state index contributed by atoms with van der Waals surface area (Å²) in [6.45, 7) is -30.0. The van der Waals surface area contributed by atoms with Gasteiger partial charge < -0.3 is 54.2 Å². The van der Waals surface area contributed by atoms with Crippen LogP contribution in [0.25, 0.3) is 11.3 Å². The van der Waals surface area contributed by atoms with E-state index in [0.717, 1.165) is 12.1 Å². The number of ether oxygens (including phenoxy) is 7. The largest absolute Gasteiger partial charge is 0.453 e. The third-order valence-corrected chi connectivity index (χ3v) is 8.83. The molecule has 0 aliphatic carbocycles. The Hall–Kier alpha value is -5.21. The second kappa shape index (κ2) is 29.4. The van der Waals surface area contributed by atoms with Crippen LogP contribution in [0.4, 0.5) is 9.59 Å². The highest BCUT2D eigenvalue weighted by Crippen LogP contribution is 2.23.